The van der Waals surface area contributed by atoms with Crippen molar-refractivity contribution < 1.29 is 22.4 Å². The van der Waals surface area contributed by atoms with Crippen LogP contribution in [0.1, 0.15) is 0 Å². The second-order valence-electron chi connectivity index (χ2n) is 0. The maximum absolute atomic E-state index is 6.25. The van der Waals surface area contributed by atoms with Gasteiger partial charge in [-0.1, -0.05) is 0 Å². The van der Waals surface area contributed by atoms with Gasteiger partial charge in [0, 0.05) is 0 Å². The minimum atomic E-state index is 0. The minimum Gasteiger partial charge on any atom is -0.512 e. The fourth-order valence-corrected chi connectivity index (χ4v) is 0. The van der Waals surface area contributed by atoms with E-state index < -0.39 is 0 Å². The maximum atomic E-state index is 6.25. The van der Waals surface area contributed by atoms with Crippen LogP contribution in [0.3, 0.4) is 0 Å². The van der Waals surface area contributed by atoms with Gasteiger partial charge in [-0.2, -0.15) is 0 Å². The molecule has 5 heavy (non-hydrogen) atoms. The van der Waals surface area contributed by atoms with Crippen LogP contribution in [0.25, 0.3) is 0 Å². The normalized spacial score (nSPS) is 0.800. The van der Waals surface area contributed by atoms with E-state index in [1.165, 1.54) is 0 Å². The van der Waals surface area contributed by atoms with Crippen LogP contribution in [0.15, 0.2) is 0 Å². The third-order valence-electron chi connectivity index (χ3n) is 0. The Labute approximate surface area is 46.5 Å². The minimum absolute atomic E-state index is 0. The Morgan fingerprint density at radius 2 is 0.800 bits per heavy atom. The molecule has 0 saturated heterocycles. The average Bonchev–Trinajstić information content (AvgIpc) is 1.50. The molecule has 0 heterocycles. The van der Waals surface area contributed by atoms with Crippen molar-refractivity contribution in [3.8, 4) is 0 Å². The van der Waals surface area contributed by atoms with Gasteiger partial charge in [-0.25, -0.2) is 0 Å². The van der Waals surface area contributed by atoms with E-state index in [1.54, 1.807) is 0 Å². The molecule has 0 saturated carbocycles. The van der Waals surface area contributed by atoms with Crippen LogP contribution < -0.4 is 0 Å². The van der Waals surface area contributed by atoms with Gasteiger partial charge in [0.15, 0.2) is 0 Å². The first-order valence-electron chi connectivity index (χ1n) is 0.447. The first-order chi connectivity index (χ1) is 2.00. The molecule has 0 fully saturated rings. The largest absolute Gasteiger partial charge is 1.00 e. The van der Waals surface area contributed by atoms with E-state index in [2.05, 4.69) is 0 Å². The summed E-state index contributed by atoms with van der Waals surface area (Å²) in [5, 5.41) is 12.5. The Kier molecular flexibility index (Phi) is 1550. The van der Waals surface area contributed by atoms with Crippen LogP contribution in [-0.4, -0.2) is 0 Å². The van der Waals surface area contributed by atoms with Gasteiger partial charge in [0.25, 0.3) is 0 Å². The molecule has 0 radical (unpaired) electrons. The van der Waals surface area contributed by atoms with Gasteiger partial charge in [0.1, 0.15) is 0 Å². The van der Waals surface area contributed by atoms with Crippen LogP contribution in [0, 0.1) is 23.7 Å². The Bertz CT molecular complexity index is 23.1. The summed E-state index contributed by atoms with van der Waals surface area (Å²) in [5.41, 5.74) is 0. The fraction of sp³-hybridized carbons (Fsp3) is 0. The molecule has 0 bridgehead atoms. The summed E-state index contributed by atoms with van der Waals surface area (Å²) in [4.78, 5) is 0. The molecule has 0 aromatic carbocycles. The van der Waals surface area contributed by atoms with Crippen LogP contribution in [-0.2, 0) is 22.4 Å². The van der Waals surface area contributed by atoms with Gasteiger partial charge in [0.05, 0.1) is 0 Å². The van der Waals surface area contributed by atoms with E-state index in [0.29, 0.717) is 0 Å². The first-order valence-corrected chi connectivity index (χ1v) is 0.447. The molecule has 3 heteroatoms. The van der Waals surface area contributed by atoms with Gasteiger partial charge in [-0.05, 0) is 0 Å². The molecular formula is C2AuN2-. The molecule has 0 aromatic rings. The predicted octanol–water partition coefficient (Wildman–Crippen LogP) is 0.190. The van der Waals surface area contributed by atoms with Crippen LogP contribution >= 0.6 is 0 Å². The van der Waals surface area contributed by atoms with Crippen LogP contribution in [0.5, 0.6) is 0 Å². The quantitative estimate of drug-likeness (QED) is 0.454. The summed E-state index contributed by atoms with van der Waals surface area (Å²) >= 11 is 0. The Hall–Kier alpha value is -0.280. The zero-order valence-electron chi connectivity index (χ0n) is 2.20. The van der Waals surface area contributed by atoms with E-state index in [0.717, 1.165) is 0 Å². The molecule has 0 N–H and O–H groups in total. The predicted molar refractivity (Wildman–Crippen MR) is 9.94 cm³/mol. The zero-order chi connectivity index (χ0) is 4.00. The monoisotopic (exact) mass is 249 g/mol. The third kappa shape index (κ3) is 141. The third-order valence-corrected chi connectivity index (χ3v) is 0. The number of rotatable bonds is 0. The number of hydrogen-bond acceptors (Lipinski definition) is 2. The van der Waals surface area contributed by atoms with E-state index in [9.17, 15) is 0 Å². The zero-order valence-corrected chi connectivity index (χ0v) is 4.36. The van der Waals surface area contributed by atoms with E-state index in [-0.39, 0.29) is 22.4 Å². The number of hydrogen-bond donors (Lipinski definition) is 0. The summed E-state index contributed by atoms with van der Waals surface area (Å²) in [5.74, 6) is 0. The van der Waals surface area contributed by atoms with Crippen molar-refractivity contribution in [3.63, 3.8) is 0 Å². The molecule has 2 nitrogen and oxygen atoms in total. The molecule has 0 rings (SSSR count). The fourth-order valence-electron chi connectivity index (χ4n) is 0. The molecule has 0 aliphatic carbocycles. The molecule has 0 aromatic heterocycles. The van der Waals surface area contributed by atoms with E-state index >= 15 is 0 Å². The molecular weight excluding hydrogens is 249 g/mol. The van der Waals surface area contributed by atoms with Crippen molar-refractivity contribution in [3.05, 3.63) is 13.1 Å². The van der Waals surface area contributed by atoms with Crippen molar-refractivity contribution in [2.24, 2.45) is 0 Å². The maximum Gasteiger partial charge on any atom is 1.00 e. The molecule has 0 spiro atoms. The summed E-state index contributed by atoms with van der Waals surface area (Å²) in [6.45, 7) is 9.50. The topological polar surface area (TPSA) is 47.6 Å². The smallest absolute Gasteiger partial charge is 0.512 e. The molecule has 0 aliphatic heterocycles. The summed E-state index contributed by atoms with van der Waals surface area (Å²) in [7, 11) is 0. The van der Waals surface area contributed by atoms with Gasteiger partial charge in [-0.3, -0.25) is 0 Å². The standard InChI is InChI=1S/2CN.Au/c2*1-2;/q2*-1;+1. The van der Waals surface area contributed by atoms with Crippen LogP contribution in [0.2, 0.25) is 0 Å². The van der Waals surface area contributed by atoms with Crippen molar-refractivity contribution in [1.29, 1.82) is 10.5 Å². The molecule has 0 amide bonds. The van der Waals surface area contributed by atoms with E-state index in [1.807, 2.05) is 0 Å². The SMILES string of the molecule is [Au+].[C-]#N.[C-]#N. The van der Waals surface area contributed by atoms with Gasteiger partial charge in [-0.15, -0.1) is 0 Å². The van der Waals surface area contributed by atoms with E-state index in [4.69, 9.17) is 23.7 Å². The molecule has 0 unspecified atom stereocenters. The molecule has 30 valence electrons. The van der Waals surface area contributed by atoms with Crippen molar-refractivity contribution in [2.75, 3.05) is 0 Å². The van der Waals surface area contributed by atoms with Crippen molar-refractivity contribution >= 4 is 0 Å². The summed E-state index contributed by atoms with van der Waals surface area (Å²) < 4.78 is 0. The number of nitrogens with zero attached hydrogens (tertiary/aromatic N) is 2. The second-order valence-corrected chi connectivity index (χ2v) is 0. The van der Waals surface area contributed by atoms with Gasteiger partial charge in [0.2, 0.25) is 0 Å². The molecule has 0 aliphatic rings. The molecule has 0 atom stereocenters. The van der Waals surface area contributed by atoms with Gasteiger partial charge >= 0.3 is 22.4 Å². The summed E-state index contributed by atoms with van der Waals surface area (Å²) in [6, 6.07) is 0. The van der Waals surface area contributed by atoms with Crippen LogP contribution in [0.4, 0.5) is 0 Å². The summed E-state index contributed by atoms with van der Waals surface area (Å²) in [6.07, 6.45) is 0. The Balaban J connectivity index is -0.0000000133. The van der Waals surface area contributed by atoms with Crippen molar-refractivity contribution in [1.82, 2.24) is 0 Å². The Morgan fingerprint density at radius 3 is 0.800 bits per heavy atom. The second kappa shape index (κ2) is 352. The average molecular weight is 249 g/mol. The Morgan fingerprint density at radius 1 is 0.800 bits per heavy atom. The first kappa shape index (κ1) is 22.1. The van der Waals surface area contributed by atoms with Gasteiger partial charge < -0.3 is 23.7 Å². The van der Waals surface area contributed by atoms with Crippen molar-refractivity contribution in [2.45, 2.75) is 0 Å².